The molecule has 3 N–H and O–H groups in total. The maximum atomic E-state index is 11.9. The Bertz CT molecular complexity index is 491. The Kier molecular flexibility index (Phi) is 6.51. The number of hydrogen-bond acceptors (Lipinski definition) is 2. The zero-order chi connectivity index (χ0) is 15.1. The molecule has 0 saturated carbocycles. The number of carbonyl (C=O) groups is 2. The average Bonchev–Trinajstić information content (AvgIpc) is 2.40. The molecule has 20 heavy (non-hydrogen) atoms. The Morgan fingerprint density at radius 1 is 1.35 bits per heavy atom. The lowest BCUT2D eigenvalue weighted by Gasteiger charge is -2.15. The molecule has 0 aliphatic rings. The van der Waals surface area contributed by atoms with Crippen LogP contribution in [0.15, 0.2) is 22.7 Å². The number of halogens is 1. The number of anilines is 1. The summed E-state index contributed by atoms with van der Waals surface area (Å²) in [5.74, 6) is -1.02. The van der Waals surface area contributed by atoms with Gasteiger partial charge in [-0.15, -0.1) is 0 Å². The van der Waals surface area contributed by atoms with E-state index in [9.17, 15) is 9.59 Å². The topological polar surface area (TPSA) is 78.4 Å². The van der Waals surface area contributed by atoms with Gasteiger partial charge in [0, 0.05) is 10.2 Å². The van der Waals surface area contributed by atoms with E-state index in [1.807, 2.05) is 26.0 Å². The molecule has 6 heteroatoms. The molecule has 1 rings (SSSR count). The summed E-state index contributed by atoms with van der Waals surface area (Å²) >= 11 is 3.38. The van der Waals surface area contributed by atoms with Gasteiger partial charge in [-0.1, -0.05) is 36.2 Å². The van der Waals surface area contributed by atoms with Crippen LogP contribution in [0.4, 0.5) is 10.5 Å². The number of urea groups is 1. The molecular formula is C14H19BrN2O3. The zero-order valence-corrected chi connectivity index (χ0v) is 13.2. The van der Waals surface area contributed by atoms with Crippen LogP contribution in [0.3, 0.4) is 0 Å². The van der Waals surface area contributed by atoms with Crippen LogP contribution in [-0.4, -0.2) is 23.1 Å². The Morgan fingerprint density at radius 2 is 2.05 bits per heavy atom. The van der Waals surface area contributed by atoms with Crippen LogP contribution in [0.2, 0.25) is 0 Å². The minimum Gasteiger partial charge on any atom is -0.480 e. The molecule has 0 saturated heterocycles. The molecule has 0 unspecified atom stereocenters. The average molecular weight is 343 g/mol. The lowest BCUT2D eigenvalue weighted by Crippen LogP contribution is -2.43. The second-order valence-electron chi connectivity index (χ2n) is 4.43. The Hall–Kier alpha value is -1.56. The van der Waals surface area contributed by atoms with Crippen LogP contribution < -0.4 is 10.6 Å². The number of amides is 2. The van der Waals surface area contributed by atoms with Crippen LogP contribution in [0, 0.1) is 0 Å². The second kappa shape index (κ2) is 7.89. The van der Waals surface area contributed by atoms with Crippen LogP contribution in [0.1, 0.15) is 32.3 Å². The summed E-state index contributed by atoms with van der Waals surface area (Å²) in [4.78, 5) is 22.9. The van der Waals surface area contributed by atoms with Crippen molar-refractivity contribution in [2.24, 2.45) is 0 Å². The van der Waals surface area contributed by atoms with E-state index in [1.54, 1.807) is 6.07 Å². The molecule has 0 aliphatic carbocycles. The summed E-state index contributed by atoms with van der Waals surface area (Å²) in [5, 5.41) is 14.2. The van der Waals surface area contributed by atoms with Crippen molar-refractivity contribution in [1.82, 2.24) is 5.32 Å². The molecule has 0 fully saturated rings. The quantitative estimate of drug-likeness (QED) is 0.741. The van der Waals surface area contributed by atoms with E-state index in [2.05, 4.69) is 26.6 Å². The van der Waals surface area contributed by atoms with Crippen molar-refractivity contribution in [2.45, 2.75) is 39.2 Å². The first-order chi connectivity index (χ1) is 9.47. The third kappa shape index (κ3) is 4.85. The summed E-state index contributed by atoms with van der Waals surface area (Å²) in [7, 11) is 0. The molecule has 0 aliphatic heterocycles. The molecular weight excluding hydrogens is 324 g/mol. The van der Waals surface area contributed by atoms with E-state index >= 15 is 0 Å². The highest BCUT2D eigenvalue weighted by Crippen LogP contribution is 2.21. The molecule has 1 aromatic carbocycles. The first kappa shape index (κ1) is 16.5. The molecule has 5 nitrogen and oxygen atoms in total. The monoisotopic (exact) mass is 342 g/mol. The number of carbonyl (C=O) groups excluding carboxylic acids is 1. The minimum atomic E-state index is -1.02. The van der Waals surface area contributed by atoms with Crippen molar-refractivity contribution in [3.63, 3.8) is 0 Å². The van der Waals surface area contributed by atoms with Gasteiger partial charge >= 0.3 is 12.0 Å². The molecule has 1 aromatic rings. The highest BCUT2D eigenvalue weighted by Gasteiger charge is 2.19. The van der Waals surface area contributed by atoms with Gasteiger partial charge in [-0.25, -0.2) is 9.59 Å². The van der Waals surface area contributed by atoms with Crippen molar-refractivity contribution in [3.05, 3.63) is 28.2 Å². The van der Waals surface area contributed by atoms with Crippen molar-refractivity contribution >= 4 is 33.6 Å². The maximum absolute atomic E-state index is 11.9. The zero-order valence-electron chi connectivity index (χ0n) is 11.6. The Balaban J connectivity index is 2.73. The number of nitrogens with one attached hydrogen (secondary N) is 2. The summed E-state index contributed by atoms with van der Waals surface area (Å²) in [6.07, 6.45) is 1.87. The largest absolute Gasteiger partial charge is 0.480 e. The Labute approximate surface area is 126 Å². The first-order valence-corrected chi connectivity index (χ1v) is 7.36. The summed E-state index contributed by atoms with van der Waals surface area (Å²) in [6, 6.07) is 4.19. The highest BCUT2D eigenvalue weighted by molar-refractivity contribution is 9.10. The lowest BCUT2D eigenvalue weighted by atomic mass is 10.1. The van der Waals surface area contributed by atoms with Crippen LogP contribution in [0.5, 0.6) is 0 Å². The smallest absolute Gasteiger partial charge is 0.326 e. The van der Waals surface area contributed by atoms with Gasteiger partial charge in [0.15, 0.2) is 0 Å². The molecule has 0 spiro atoms. The molecule has 2 amide bonds. The van der Waals surface area contributed by atoms with Crippen LogP contribution in [-0.2, 0) is 11.2 Å². The van der Waals surface area contributed by atoms with Gasteiger partial charge in [0.2, 0.25) is 0 Å². The van der Waals surface area contributed by atoms with Gasteiger partial charge < -0.3 is 15.7 Å². The van der Waals surface area contributed by atoms with E-state index in [1.165, 1.54) is 0 Å². The van der Waals surface area contributed by atoms with Crippen molar-refractivity contribution in [1.29, 1.82) is 0 Å². The van der Waals surface area contributed by atoms with Crippen LogP contribution >= 0.6 is 15.9 Å². The summed E-state index contributed by atoms with van der Waals surface area (Å²) in [6.45, 7) is 3.86. The predicted octanol–water partition coefficient (Wildman–Crippen LogP) is 3.39. The number of aryl methyl sites for hydroxylation is 1. The number of rotatable bonds is 6. The van der Waals surface area contributed by atoms with Gasteiger partial charge in [-0.3, -0.25) is 0 Å². The lowest BCUT2D eigenvalue weighted by molar-refractivity contribution is -0.139. The highest BCUT2D eigenvalue weighted by atomic mass is 79.9. The van der Waals surface area contributed by atoms with Gasteiger partial charge in [0.05, 0.1) is 0 Å². The second-order valence-corrected chi connectivity index (χ2v) is 5.35. The molecule has 110 valence electrons. The summed E-state index contributed by atoms with van der Waals surface area (Å²) in [5.41, 5.74) is 1.67. The molecule has 0 aromatic heterocycles. The molecule has 0 bridgehead atoms. The number of hydrogen-bond donors (Lipinski definition) is 3. The van der Waals surface area contributed by atoms with E-state index < -0.39 is 18.0 Å². The third-order valence-corrected chi connectivity index (χ3v) is 3.37. The Morgan fingerprint density at radius 3 is 2.60 bits per heavy atom. The molecule has 0 radical (unpaired) electrons. The van der Waals surface area contributed by atoms with Crippen molar-refractivity contribution in [3.8, 4) is 0 Å². The third-order valence-electron chi connectivity index (χ3n) is 2.88. The van der Waals surface area contributed by atoms with E-state index in [4.69, 9.17) is 5.11 Å². The van der Waals surface area contributed by atoms with Gasteiger partial charge in [-0.05, 0) is 36.6 Å². The number of carboxylic acids is 1. The maximum Gasteiger partial charge on any atom is 0.326 e. The first-order valence-electron chi connectivity index (χ1n) is 6.56. The molecule has 0 heterocycles. The number of aliphatic carboxylic acids is 1. The fourth-order valence-electron chi connectivity index (χ4n) is 1.84. The van der Waals surface area contributed by atoms with Crippen LogP contribution in [0.25, 0.3) is 0 Å². The number of benzene rings is 1. The van der Waals surface area contributed by atoms with Gasteiger partial charge in [0.1, 0.15) is 6.04 Å². The van der Waals surface area contributed by atoms with E-state index in [0.29, 0.717) is 18.5 Å². The molecule has 1 atom stereocenters. The van der Waals surface area contributed by atoms with Gasteiger partial charge in [0.25, 0.3) is 0 Å². The van der Waals surface area contributed by atoms with E-state index in [0.717, 1.165) is 16.5 Å². The SMILES string of the molecule is CCC[C@H](NC(=O)Nc1ccc(Br)cc1CC)C(=O)O. The van der Waals surface area contributed by atoms with Gasteiger partial charge in [-0.2, -0.15) is 0 Å². The van der Waals surface area contributed by atoms with E-state index in [-0.39, 0.29) is 0 Å². The van der Waals surface area contributed by atoms with Crippen molar-refractivity contribution in [2.75, 3.05) is 5.32 Å². The van der Waals surface area contributed by atoms with Crippen molar-refractivity contribution < 1.29 is 14.7 Å². The summed E-state index contributed by atoms with van der Waals surface area (Å²) < 4.78 is 0.940. The number of carboxylic acid groups (broad SMARTS) is 1. The normalized spacial score (nSPS) is 11.8. The fraction of sp³-hybridized carbons (Fsp3) is 0.429. The standard InChI is InChI=1S/C14H19BrN2O3/c1-3-5-12(13(18)19)17-14(20)16-11-7-6-10(15)8-9(11)4-2/h6-8,12H,3-5H2,1-2H3,(H,18,19)(H2,16,17,20)/t12-/m0/s1. The minimum absolute atomic E-state index is 0.406. The predicted molar refractivity (Wildman–Crippen MR) is 82.0 cm³/mol. The fourth-order valence-corrected chi connectivity index (χ4v) is 2.25.